The number of likely N-dealkylation sites (tertiary alicyclic amines) is 1. The minimum atomic E-state index is -0.417. The highest BCUT2D eigenvalue weighted by molar-refractivity contribution is 6.00. The smallest absolute Gasteiger partial charge is 0.340 e. The number of amides is 1. The van der Waals surface area contributed by atoms with Gasteiger partial charge in [-0.25, -0.2) is 4.79 Å². The molecule has 26 heavy (non-hydrogen) atoms. The molecule has 0 radical (unpaired) electrons. The zero-order valence-corrected chi connectivity index (χ0v) is 15.5. The molecule has 0 unspecified atom stereocenters. The SMILES string of the molecule is CCN1C[C@H]2C[C@](COC(=O)c3ccccc3NC(C)=O)(CC[C@H]2O)C1. The van der Waals surface area contributed by atoms with E-state index in [-0.39, 0.29) is 23.3 Å². The monoisotopic (exact) mass is 360 g/mol. The summed E-state index contributed by atoms with van der Waals surface area (Å²) in [5, 5.41) is 12.9. The quantitative estimate of drug-likeness (QED) is 0.788. The number of benzene rings is 1. The van der Waals surface area contributed by atoms with Crippen LogP contribution < -0.4 is 5.32 Å². The second kappa shape index (κ2) is 7.76. The molecule has 1 aliphatic heterocycles. The molecule has 2 bridgehead atoms. The van der Waals surface area contributed by atoms with Crippen molar-refractivity contribution in [2.45, 2.75) is 39.2 Å². The van der Waals surface area contributed by atoms with Gasteiger partial charge >= 0.3 is 5.97 Å². The predicted octanol–water partition coefficient (Wildman–Crippen LogP) is 2.28. The lowest BCUT2D eigenvalue weighted by molar-refractivity contribution is -0.114. The van der Waals surface area contributed by atoms with Gasteiger partial charge in [-0.1, -0.05) is 19.1 Å². The molecule has 142 valence electrons. The van der Waals surface area contributed by atoms with Crippen LogP contribution in [0.15, 0.2) is 24.3 Å². The van der Waals surface area contributed by atoms with Crippen LogP contribution in [0.5, 0.6) is 0 Å². The van der Waals surface area contributed by atoms with Crippen molar-refractivity contribution in [2.24, 2.45) is 11.3 Å². The fourth-order valence-electron chi connectivity index (χ4n) is 4.36. The number of rotatable bonds is 5. The molecule has 6 nitrogen and oxygen atoms in total. The molecule has 2 fully saturated rings. The summed E-state index contributed by atoms with van der Waals surface area (Å²) in [6.45, 7) is 6.63. The number of nitrogens with zero attached hydrogens (tertiary/aromatic N) is 1. The second-order valence-corrected chi connectivity index (χ2v) is 7.70. The predicted molar refractivity (Wildman–Crippen MR) is 98.9 cm³/mol. The first-order valence-electron chi connectivity index (χ1n) is 9.36. The minimum absolute atomic E-state index is 0.0865. The number of nitrogens with one attached hydrogen (secondary N) is 1. The van der Waals surface area contributed by atoms with E-state index >= 15 is 0 Å². The van der Waals surface area contributed by atoms with Gasteiger partial charge in [-0.15, -0.1) is 0 Å². The summed E-state index contributed by atoms with van der Waals surface area (Å²) in [7, 11) is 0. The van der Waals surface area contributed by atoms with Gasteiger partial charge in [0.2, 0.25) is 5.91 Å². The van der Waals surface area contributed by atoms with Crippen LogP contribution in [0.3, 0.4) is 0 Å². The maximum atomic E-state index is 12.6. The zero-order valence-electron chi connectivity index (χ0n) is 15.5. The molecule has 1 aromatic carbocycles. The molecule has 1 aromatic rings. The summed E-state index contributed by atoms with van der Waals surface area (Å²) in [6, 6.07) is 6.89. The Kier molecular flexibility index (Phi) is 5.63. The first-order chi connectivity index (χ1) is 12.4. The highest BCUT2D eigenvalue weighted by Gasteiger charge is 2.46. The van der Waals surface area contributed by atoms with E-state index in [0.29, 0.717) is 17.9 Å². The van der Waals surface area contributed by atoms with Crippen LogP contribution in [-0.4, -0.2) is 54.2 Å². The summed E-state index contributed by atoms with van der Waals surface area (Å²) in [4.78, 5) is 26.3. The van der Waals surface area contributed by atoms with E-state index in [4.69, 9.17) is 4.74 Å². The average Bonchev–Trinajstić information content (AvgIpc) is 2.63. The molecule has 1 aliphatic carbocycles. The van der Waals surface area contributed by atoms with Gasteiger partial charge in [0, 0.05) is 25.4 Å². The average molecular weight is 360 g/mol. The normalized spacial score (nSPS) is 28.4. The van der Waals surface area contributed by atoms with Gasteiger partial charge in [0.05, 0.1) is 24.0 Å². The topological polar surface area (TPSA) is 78.9 Å². The molecule has 1 saturated carbocycles. The van der Waals surface area contributed by atoms with E-state index in [9.17, 15) is 14.7 Å². The Morgan fingerprint density at radius 2 is 2.15 bits per heavy atom. The van der Waals surface area contributed by atoms with Crippen molar-refractivity contribution in [3.05, 3.63) is 29.8 Å². The number of para-hydroxylation sites is 1. The number of anilines is 1. The molecule has 0 aromatic heterocycles. The lowest BCUT2D eigenvalue weighted by atomic mass is 9.66. The molecule has 6 heteroatoms. The summed E-state index contributed by atoms with van der Waals surface area (Å²) in [5.74, 6) is -0.387. The summed E-state index contributed by atoms with van der Waals surface area (Å²) in [6.07, 6.45) is 2.27. The fourth-order valence-corrected chi connectivity index (χ4v) is 4.36. The molecule has 1 amide bonds. The summed E-state index contributed by atoms with van der Waals surface area (Å²) >= 11 is 0. The largest absolute Gasteiger partial charge is 0.461 e. The summed E-state index contributed by atoms with van der Waals surface area (Å²) in [5.41, 5.74) is 0.754. The molecule has 2 N–H and O–H groups in total. The van der Waals surface area contributed by atoms with Crippen molar-refractivity contribution < 1.29 is 19.4 Å². The van der Waals surface area contributed by atoms with E-state index in [0.717, 1.165) is 38.9 Å². The number of aliphatic hydroxyl groups excluding tert-OH is 1. The Morgan fingerprint density at radius 3 is 2.88 bits per heavy atom. The van der Waals surface area contributed by atoms with E-state index < -0.39 is 5.97 Å². The van der Waals surface area contributed by atoms with Crippen molar-refractivity contribution >= 4 is 17.6 Å². The molecular formula is C20H28N2O4. The molecule has 2 aliphatic rings. The molecule has 3 rings (SSSR count). The highest BCUT2D eigenvalue weighted by atomic mass is 16.5. The maximum absolute atomic E-state index is 12.6. The Hall–Kier alpha value is -1.92. The van der Waals surface area contributed by atoms with Gasteiger partial charge < -0.3 is 20.1 Å². The number of hydrogen-bond donors (Lipinski definition) is 2. The van der Waals surface area contributed by atoms with Gasteiger partial charge in [0.15, 0.2) is 0 Å². The van der Waals surface area contributed by atoms with Crippen LogP contribution >= 0.6 is 0 Å². The van der Waals surface area contributed by atoms with Crippen molar-refractivity contribution in [1.82, 2.24) is 4.90 Å². The van der Waals surface area contributed by atoms with Crippen LogP contribution in [0.1, 0.15) is 43.5 Å². The van der Waals surface area contributed by atoms with Crippen LogP contribution in [0.2, 0.25) is 0 Å². The van der Waals surface area contributed by atoms with Gasteiger partial charge in [-0.2, -0.15) is 0 Å². The first-order valence-corrected chi connectivity index (χ1v) is 9.36. The molecule has 0 spiro atoms. The third kappa shape index (κ3) is 4.07. The first kappa shape index (κ1) is 18.9. The van der Waals surface area contributed by atoms with Crippen LogP contribution in [-0.2, 0) is 9.53 Å². The third-order valence-corrected chi connectivity index (χ3v) is 5.68. The number of hydrogen-bond acceptors (Lipinski definition) is 5. The van der Waals surface area contributed by atoms with Gasteiger partial charge in [-0.3, -0.25) is 4.79 Å². The summed E-state index contributed by atoms with van der Waals surface area (Å²) < 4.78 is 5.70. The van der Waals surface area contributed by atoms with Crippen molar-refractivity contribution in [3.63, 3.8) is 0 Å². The molecule has 3 atom stereocenters. The fraction of sp³-hybridized carbons (Fsp3) is 0.600. The van der Waals surface area contributed by atoms with E-state index in [1.54, 1.807) is 24.3 Å². The Balaban J connectivity index is 1.70. The van der Waals surface area contributed by atoms with E-state index in [1.165, 1.54) is 6.92 Å². The number of ether oxygens (including phenoxy) is 1. The second-order valence-electron chi connectivity index (χ2n) is 7.70. The molecular weight excluding hydrogens is 332 g/mol. The lowest BCUT2D eigenvalue weighted by Crippen LogP contribution is -2.55. The van der Waals surface area contributed by atoms with Crippen LogP contribution in [0.25, 0.3) is 0 Å². The van der Waals surface area contributed by atoms with E-state index in [1.807, 2.05) is 0 Å². The Morgan fingerprint density at radius 1 is 1.38 bits per heavy atom. The zero-order chi connectivity index (χ0) is 18.7. The Labute approximate surface area is 154 Å². The third-order valence-electron chi connectivity index (χ3n) is 5.68. The van der Waals surface area contributed by atoms with Crippen LogP contribution in [0.4, 0.5) is 5.69 Å². The molecule has 1 saturated heterocycles. The van der Waals surface area contributed by atoms with Crippen LogP contribution in [0, 0.1) is 11.3 Å². The molecule has 1 heterocycles. The van der Waals surface area contributed by atoms with Crippen molar-refractivity contribution in [1.29, 1.82) is 0 Å². The van der Waals surface area contributed by atoms with Gasteiger partial charge in [0.1, 0.15) is 0 Å². The number of piperidine rings is 1. The van der Waals surface area contributed by atoms with Crippen molar-refractivity contribution in [3.8, 4) is 0 Å². The highest BCUT2D eigenvalue weighted by Crippen LogP contribution is 2.44. The lowest BCUT2D eigenvalue weighted by Gasteiger charge is -2.50. The standard InChI is InChI=1S/C20H28N2O4/c1-3-22-11-15-10-20(12-22,9-8-18(15)24)13-26-19(25)16-6-4-5-7-17(16)21-14(2)23/h4-7,15,18,24H,3,8-13H2,1-2H3,(H,21,23)/t15-,18-,20-/m1/s1. The number of carbonyl (C=O) groups excluding carboxylic acids is 2. The van der Waals surface area contributed by atoms with E-state index in [2.05, 4.69) is 17.1 Å². The minimum Gasteiger partial charge on any atom is -0.461 e. The number of esters is 1. The number of fused-ring (bicyclic) bond motifs is 2. The number of carbonyl (C=O) groups is 2. The van der Waals surface area contributed by atoms with Gasteiger partial charge in [-0.05, 0) is 43.9 Å². The Bertz CT molecular complexity index is 674. The number of aliphatic hydroxyl groups is 1. The maximum Gasteiger partial charge on any atom is 0.340 e. The van der Waals surface area contributed by atoms with Crippen molar-refractivity contribution in [2.75, 3.05) is 31.6 Å². The van der Waals surface area contributed by atoms with Gasteiger partial charge in [0.25, 0.3) is 0 Å².